The Labute approximate surface area is 96.5 Å². The van der Waals surface area contributed by atoms with E-state index in [1.54, 1.807) is 0 Å². The first-order valence-electron chi connectivity index (χ1n) is 4.47. The Morgan fingerprint density at radius 3 is 2.87 bits per heavy atom. The van der Waals surface area contributed by atoms with Crippen LogP contribution in [0.2, 0.25) is 5.28 Å². The average Bonchev–Trinajstić information content (AvgIpc) is 2.25. The molecule has 0 aliphatic heterocycles. The van der Waals surface area contributed by atoms with Crippen molar-refractivity contribution in [3.05, 3.63) is 29.5 Å². The number of rotatable bonds is 3. The fraction of sp³-hybridized carbons (Fsp3) is 0.200. The lowest BCUT2D eigenvalue weighted by atomic mass is 10.2. The highest BCUT2D eigenvalue weighted by Gasteiger charge is 2.05. The van der Waals surface area contributed by atoms with Gasteiger partial charge in [-0.1, -0.05) is 18.2 Å². The van der Waals surface area contributed by atoms with Gasteiger partial charge in [0.15, 0.2) is 0 Å². The summed E-state index contributed by atoms with van der Waals surface area (Å²) in [7, 11) is 0. The minimum atomic E-state index is 0.126. The lowest BCUT2D eigenvalue weighted by Crippen LogP contribution is -1.92. The van der Waals surface area contributed by atoms with Gasteiger partial charge in [-0.25, -0.2) is 9.97 Å². The maximum atomic E-state index is 8.77. The second-order valence-corrected chi connectivity index (χ2v) is 4.31. The summed E-state index contributed by atoms with van der Waals surface area (Å²) in [6, 6.07) is 7.69. The average molecular weight is 241 g/mol. The minimum absolute atomic E-state index is 0.126. The Bertz CT molecular complexity index is 478. The first-order chi connectivity index (χ1) is 7.31. The number of halogens is 1. The van der Waals surface area contributed by atoms with E-state index in [0.717, 1.165) is 15.9 Å². The molecule has 0 bridgehead atoms. The molecule has 1 aromatic heterocycles. The molecule has 0 aliphatic carbocycles. The van der Waals surface area contributed by atoms with Crippen LogP contribution in [0.25, 0.3) is 10.9 Å². The Balaban J connectivity index is 2.50. The Hall–Kier alpha value is -0.840. The first-order valence-corrected chi connectivity index (χ1v) is 5.83. The predicted molar refractivity (Wildman–Crippen MR) is 62.4 cm³/mol. The zero-order chi connectivity index (χ0) is 10.7. The van der Waals surface area contributed by atoms with Crippen LogP contribution in [0, 0.1) is 0 Å². The number of nitrogens with zero attached hydrogens (tertiary/aromatic N) is 2. The first kappa shape index (κ1) is 10.7. The van der Waals surface area contributed by atoms with Crippen molar-refractivity contribution in [3.8, 4) is 0 Å². The van der Waals surface area contributed by atoms with E-state index in [2.05, 4.69) is 9.97 Å². The molecule has 78 valence electrons. The molecule has 1 heterocycles. The van der Waals surface area contributed by atoms with E-state index >= 15 is 0 Å². The molecule has 0 saturated heterocycles. The zero-order valence-electron chi connectivity index (χ0n) is 7.85. The van der Waals surface area contributed by atoms with Crippen molar-refractivity contribution in [3.63, 3.8) is 0 Å². The van der Waals surface area contributed by atoms with Crippen LogP contribution in [0.3, 0.4) is 0 Å². The number of benzene rings is 1. The summed E-state index contributed by atoms with van der Waals surface area (Å²) in [6.45, 7) is 0.126. The van der Waals surface area contributed by atoms with E-state index in [-0.39, 0.29) is 11.9 Å². The molecule has 0 aliphatic rings. The van der Waals surface area contributed by atoms with Gasteiger partial charge in [0.05, 0.1) is 12.1 Å². The van der Waals surface area contributed by atoms with Crippen molar-refractivity contribution in [1.29, 1.82) is 0 Å². The lowest BCUT2D eigenvalue weighted by Gasteiger charge is -2.04. The number of hydrogen-bond donors (Lipinski definition) is 1. The molecular weight excluding hydrogens is 232 g/mol. The van der Waals surface area contributed by atoms with E-state index in [1.165, 1.54) is 11.8 Å². The zero-order valence-corrected chi connectivity index (χ0v) is 9.42. The van der Waals surface area contributed by atoms with Crippen LogP contribution in [0.4, 0.5) is 0 Å². The van der Waals surface area contributed by atoms with Crippen molar-refractivity contribution in [2.24, 2.45) is 0 Å². The minimum Gasteiger partial charge on any atom is -0.396 e. The van der Waals surface area contributed by atoms with Crippen LogP contribution < -0.4 is 0 Å². The standard InChI is InChI=1S/C10H9ClN2OS/c11-10-12-8-4-2-1-3-7(8)9(13-10)15-6-5-14/h1-4,14H,5-6H2. The highest BCUT2D eigenvalue weighted by Crippen LogP contribution is 2.25. The smallest absolute Gasteiger partial charge is 0.224 e. The number of aromatic nitrogens is 2. The summed E-state index contributed by atoms with van der Waals surface area (Å²) in [6.07, 6.45) is 0. The summed E-state index contributed by atoms with van der Waals surface area (Å²) in [5.74, 6) is 0.608. The molecule has 3 nitrogen and oxygen atoms in total. The van der Waals surface area contributed by atoms with Gasteiger partial charge in [0.1, 0.15) is 5.03 Å². The van der Waals surface area contributed by atoms with Gasteiger partial charge in [0.2, 0.25) is 5.28 Å². The fourth-order valence-electron chi connectivity index (χ4n) is 1.27. The van der Waals surface area contributed by atoms with Crippen LogP contribution in [0.5, 0.6) is 0 Å². The number of aliphatic hydroxyl groups is 1. The molecule has 1 aromatic carbocycles. The number of fused-ring (bicyclic) bond motifs is 1. The summed E-state index contributed by atoms with van der Waals surface area (Å²) in [5, 5.41) is 10.8. The van der Waals surface area contributed by atoms with E-state index < -0.39 is 0 Å². The molecule has 5 heteroatoms. The topological polar surface area (TPSA) is 46.0 Å². The quantitative estimate of drug-likeness (QED) is 0.508. The van der Waals surface area contributed by atoms with Gasteiger partial charge in [-0.2, -0.15) is 0 Å². The third-order valence-corrected chi connectivity index (χ3v) is 3.01. The normalized spacial score (nSPS) is 10.8. The van der Waals surface area contributed by atoms with Gasteiger partial charge in [0.25, 0.3) is 0 Å². The van der Waals surface area contributed by atoms with Crippen molar-refractivity contribution >= 4 is 34.3 Å². The van der Waals surface area contributed by atoms with E-state index in [1.807, 2.05) is 24.3 Å². The monoisotopic (exact) mass is 240 g/mol. The van der Waals surface area contributed by atoms with Crippen LogP contribution in [0.15, 0.2) is 29.3 Å². The summed E-state index contributed by atoms with van der Waals surface area (Å²) < 4.78 is 0. The van der Waals surface area contributed by atoms with Crippen LogP contribution in [-0.4, -0.2) is 27.4 Å². The van der Waals surface area contributed by atoms with E-state index in [4.69, 9.17) is 16.7 Å². The molecule has 2 rings (SSSR count). The van der Waals surface area contributed by atoms with Gasteiger partial charge in [-0.05, 0) is 17.7 Å². The molecule has 1 N–H and O–H groups in total. The second-order valence-electron chi connectivity index (χ2n) is 2.89. The van der Waals surface area contributed by atoms with E-state index in [0.29, 0.717) is 5.75 Å². The van der Waals surface area contributed by atoms with Gasteiger partial charge >= 0.3 is 0 Å². The summed E-state index contributed by atoms with van der Waals surface area (Å²) >= 11 is 7.28. The molecule has 0 unspecified atom stereocenters. The number of aliphatic hydroxyl groups excluding tert-OH is 1. The van der Waals surface area contributed by atoms with Crippen LogP contribution in [-0.2, 0) is 0 Å². The predicted octanol–water partition coefficient (Wildman–Crippen LogP) is 2.37. The second kappa shape index (κ2) is 4.79. The van der Waals surface area contributed by atoms with Crippen molar-refractivity contribution < 1.29 is 5.11 Å². The molecule has 0 spiro atoms. The number of hydrogen-bond acceptors (Lipinski definition) is 4. The molecule has 2 aromatic rings. The Kier molecular flexibility index (Phi) is 3.41. The third-order valence-electron chi connectivity index (χ3n) is 1.87. The third kappa shape index (κ3) is 2.40. The van der Waals surface area contributed by atoms with Gasteiger partial charge in [-0.3, -0.25) is 0 Å². The number of para-hydroxylation sites is 1. The Morgan fingerprint density at radius 1 is 1.27 bits per heavy atom. The van der Waals surface area contributed by atoms with Crippen LogP contribution in [0.1, 0.15) is 0 Å². The van der Waals surface area contributed by atoms with Gasteiger partial charge in [0, 0.05) is 11.1 Å². The lowest BCUT2D eigenvalue weighted by molar-refractivity contribution is 0.322. The van der Waals surface area contributed by atoms with E-state index in [9.17, 15) is 0 Å². The largest absolute Gasteiger partial charge is 0.396 e. The number of thioether (sulfide) groups is 1. The molecule has 0 radical (unpaired) electrons. The van der Waals surface area contributed by atoms with Gasteiger partial charge in [-0.15, -0.1) is 11.8 Å². The molecule has 0 saturated carbocycles. The maximum Gasteiger partial charge on any atom is 0.224 e. The fourth-order valence-corrected chi connectivity index (χ4v) is 2.26. The SMILES string of the molecule is OCCSc1nc(Cl)nc2ccccc12. The summed E-state index contributed by atoms with van der Waals surface area (Å²) in [4.78, 5) is 8.27. The van der Waals surface area contributed by atoms with Crippen molar-refractivity contribution in [2.45, 2.75) is 5.03 Å². The Morgan fingerprint density at radius 2 is 2.07 bits per heavy atom. The highest BCUT2D eigenvalue weighted by atomic mass is 35.5. The van der Waals surface area contributed by atoms with Crippen molar-refractivity contribution in [2.75, 3.05) is 12.4 Å². The van der Waals surface area contributed by atoms with Gasteiger partial charge < -0.3 is 5.11 Å². The molecule has 15 heavy (non-hydrogen) atoms. The maximum absolute atomic E-state index is 8.77. The van der Waals surface area contributed by atoms with Crippen LogP contribution >= 0.6 is 23.4 Å². The highest BCUT2D eigenvalue weighted by molar-refractivity contribution is 7.99. The molecule has 0 amide bonds. The molecular formula is C10H9ClN2OS. The van der Waals surface area contributed by atoms with Crippen molar-refractivity contribution in [1.82, 2.24) is 9.97 Å². The summed E-state index contributed by atoms with van der Waals surface area (Å²) in [5.41, 5.74) is 0.831. The molecule has 0 atom stereocenters. The molecule has 0 fully saturated rings.